The number of piperidine rings is 1. The standard InChI is InChI=1S/C13H26N/c1-3-14(4-2)11-7-9-12-8-5-6-10-13(12)14/h12-13H,3-11H2,1-2H3/q+1/t12-,13-/m1/s1. The molecule has 1 heteroatoms. The summed E-state index contributed by atoms with van der Waals surface area (Å²) in [6.45, 7) is 9.02. The molecule has 2 rings (SSSR count). The van der Waals surface area contributed by atoms with E-state index in [-0.39, 0.29) is 0 Å². The number of hydrogen-bond donors (Lipinski definition) is 0. The second-order valence-electron chi connectivity index (χ2n) is 5.33. The van der Waals surface area contributed by atoms with Gasteiger partial charge in [-0.25, -0.2) is 0 Å². The van der Waals surface area contributed by atoms with E-state index in [4.69, 9.17) is 0 Å². The van der Waals surface area contributed by atoms with Crippen LogP contribution in [0.4, 0.5) is 0 Å². The molecule has 0 aromatic heterocycles. The van der Waals surface area contributed by atoms with Gasteiger partial charge in [-0.2, -0.15) is 0 Å². The molecule has 1 heterocycles. The molecule has 0 spiro atoms. The van der Waals surface area contributed by atoms with Crippen LogP contribution in [-0.2, 0) is 0 Å². The van der Waals surface area contributed by atoms with Gasteiger partial charge in [0.2, 0.25) is 0 Å². The molecule has 0 amide bonds. The first-order chi connectivity index (χ1) is 6.82. The van der Waals surface area contributed by atoms with E-state index >= 15 is 0 Å². The number of quaternary nitrogens is 1. The summed E-state index contributed by atoms with van der Waals surface area (Å²) in [5.74, 6) is 1.08. The zero-order valence-electron chi connectivity index (χ0n) is 9.97. The van der Waals surface area contributed by atoms with Crippen LogP contribution in [0.25, 0.3) is 0 Å². The third-order valence-electron chi connectivity index (χ3n) is 5.01. The van der Waals surface area contributed by atoms with E-state index in [2.05, 4.69) is 13.8 Å². The highest BCUT2D eigenvalue weighted by atomic mass is 15.4. The fourth-order valence-corrected chi connectivity index (χ4v) is 4.09. The van der Waals surface area contributed by atoms with Crippen LogP contribution in [0, 0.1) is 5.92 Å². The van der Waals surface area contributed by atoms with Crippen molar-refractivity contribution in [3.63, 3.8) is 0 Å². The fraction of sp³-hybridized carbons (Fsp3) is 1.00. The molecule has 0 aromatic rings. The van der Waals surface area contributed by atoms with Crippen molar-refractivity contribution in [3.05, 3.63) is 0 Å². The molecule has 14 heavy (non-hydrogen) atoms. The Balaban J connectivity index is 2.14. The lowest BCUT2D eigenvalue weighted by Gasteiger charge is -2.52. The summed E-state index contributed by atoms with van der Waals surface area (Å²) in [5, 5.41) is 0. The SMILES string of the molecule is CC[N+]1(CC)CCC[C@H]2CCCC[C@H]21. The van der Waals surface area contributed by atoms with Gasteiger partial charge in [-0.3, -0.25) is 0 Å². The summed E-state index contributed by atoms with van der Waals surface area (Å²) in [4.78, 5) is 0. The summed E-state index contributed by atoms with van der Waals surface area (Å²) >= 11 is 0. The summed E-state index contributed by atoms with van der Waals surface area (Å²) < 4.78 is 1.45. The van der Waals surface area contributed by atoms with Gasteiger partial charge in [0.25, 0.3) is 0 Å². The van der Waals surface area contributed by atoms with Crippen LogP contribution >= 0.6 is 0 Å². The minimum absolute atomic E-state index is 1.03. The van der Waals surface area contributed by atoms with Crippen LogP contribution in [0.3, 0.4) is 0 Å². The highest BCUT2D eigenvalue weighted by Crippen LogP contribution is 2.39. The predicted octanol–water partition coefficient (Wildman–Crippen LogP) is 3.20. The third-order valence-corrected chi connectivity index (χ3v) is 5.01. The minimum Gasteiger partial charge on any atom is -0.321 e. The molecular formula is C13H26N+. The Morgan fingerprint density at radius 2 is 1.57 bits per heavy atom. The third kappa shape index (κ3) is 1.60. The Kier molecular flexibility index (Phi) is 3.16. The monoisotopic (exact) mass is 196 g/mol. The van der Waals surface area contributed by atoms with Crippen molar-refractivity contribution < 1.29 is 4.48 Å². The Morgan fingerprint density at radius 1 is 0.929 bits per heavy atom. The first kappa shape index (κ1) is 10.5. The molecule has 2 aliphatic rings. The van der Waals surface area contributed by atoms with Crippen molar-refractivity contribution in [1.82, 2.24) is 0 Å². The largest absolute Gasteiger partial charge is 0.321 e. The molecule has 1 aliphatic heterocycles. The van der Waals surface area contributed by atoms with E-state index in [1.54, 1.807) is 0 Å². The van der Waals surface area contributed by atoms with E-state index in [1.165, 1.54) is 62.6 Å². The Morgan fingerprint density at radius 3 is 2.29 bits per heavy atom. The molecule has 2 fully saturated rings. The first-order valence-electron chi connectivity index (χ1n) is 6.68. The van der Waals surface area contributed by atoms with E-state index in [0.29, 0.717) is 0 Å². The number of fused-ring (bicyclic) bond motifs is 1. The highest BCUT2D eigenvalue weighted by molar-refractivity contribution is 4.80. The molecular weight excluding hydrogens is 170 g/mol. The Labute approximate surface area is 89.1 Å². The van der Waals surface area contributed by atoms with E-state index < -0.39 is 0 Å². The van der Waals surface area contributed by atoms with Gasteiger partial charge in [0, 0.05) is 5.92 Å². The topological polar surface area (TPSA) is 0 Å². The predicted molar refractivity (Wildman–Crippen MR) is 61.2 cm³/mol. The summed E-state index contributed by atoms with van der Waals surface area (Å²) in [6.07, 6.45) is 9.08. The zero-order valence-corrected chi connectivity index (χ0v) is 9.97. The molecule has 0 aromatic carbocycles. The molecule has 82 valence electrons. The first-order valence-corrected chi connectivity index (χ1v) is 6.68. The van der Waals surface area contributed by atoms with Gasteiger partial charge < -0.3 is 4.48 Å². The maximum atomic E-state index is 2.40. The average Bonchev–Trinajstić information content (AvgIpc) is 2.28. The van der Waals surface area contributed by atoms with Gasteiger partial charge >= 0.3 is 0 Å². The lowest BCUT2D eigenvalue weighted by molar-refractivity contribution is -0.957. The Bertz CT molecular complexity index is 182. The lowest BCUT2D eigenvalue weighted by atomic mass is 9.76. The number of hydrogen-bond acceptors (Lipinski definition) is 0. The highest BCUT2D eigenvalue weighted by Gasteiger charge is 2.43. The molecule has 0 bridgehead atoms. The summed E-state index contributed by atoms with van der Waals surface area (Å²) in [6, 6.07) is 1.03. The second kappa shape index (κ2) is 4.22. The molecule has 0 N–H and O–H groups in total. The smallest absolute Gasteiger partial charge is 0.0918 e. The van der Waals surface area contributed by atoms with Crippen LogP contribution < -0.4 is 0 Å². The fourth-order valence-electron chi connectivity index (χ4n) is 4.09. The number of nitrogens with zero attached hydrogens (tertiary/aromatic N) is 1. The lowest BCUT2D eigenvalue weighted by Crippen LogP contribution is -2.61. The van der Waals surface area contributed by atoms with Crippen molar-refractivity contribution in [1.29, 1.82) is 0 Å². The molecule has 1 aliphatic carbocycles. The average molecular weight is 196 g/mol. The van der Waals surface area contributed by atoms with Gasteiger partial charge in [0.15, 0.2) is 0 Å². The van der Waals surface area contributed by atoms with E-state index in [0.717, 1.165) is 12.0 Å². The van der Waals surface area contributed by atoms with Gasteiger partial charge in [-0.1, -0.05) is 6.42 Å². The van der Waals surface area contributed by atoms with Crippen molar-refractivity contribution in [3.8, 4) is 0 Å². The van der Waals surface area contributed by atoms with Gasteiger partial charge in [-0.05, 0) is 46.0 Å². The number of rotatable bonds is 2. The van der Waals surface area contributed by atoms with Crippen molar-refractivity contribution in [2.75, 3.05) is 19.6 Å². The van der Waals surface area contributed by atoms with Crippen LogP contribution in [0.5, 0.6) is 0 Å². The van der Waals surface area contributed by atoms with E-state index in [1.807, 2.05) is 0 Å². The second-order valence-corrected chi connectivity index (χ2v) is 5.33. The van der Waals surface area contributed by atoms with E-state index in [9.17, 15) is 0 Å². The maximum absolute atomic E-state index is 2.40. The van der Waals surface area contributed by atoms with Crippen molar-refractivity contribution >= 4 is 0 Å². The molecule has 1 saturated heterocycles. The van der Waals surface area contributed by atoms with Crippen LogP contribution in [-0.4, -0.2) is 30.2 Å². The Hall–Kier alpha value is -0.0400. The molecule has 1 nitrogen and oxygen atoms in total. The quantitative estimate of drug-likeness (QED) is 0.595. The van der Waals surface area contributed by atoms with Crippen LogP contribution in [0.2, 0.25) is 0 Å². The zero-order chi connectivity index (χ0) is 10.0. The summed E-state index contributed by atoms with van der Waals surface area (Å²) in [5.41, 5.74) is 0. The van der Waals surface area contributed by atoms with Crippen LogP contribution in [0.1, 0.15) is 52.4 Å². The van der Waals surface area contributed by atoms with Gasteiger partial charge in [0.1, 0.15) is 0 Å². The van der Waals surface area contributed by atoms with Crippen molar-refractivity contribution in [2.24, 2.45) is 5.92 Å². The van der Waals surface area contributed by atoms with Crippen LogP contribution in [0.15, 0.2) is 0 Å². The molecule has 0 unspecified atom stereocenters. The van der Waals surface area contributed by atoms with Crippen molar-refractivity contribution in [2.45, 2.75) is 58.4 Å². The van der Waals surface area contributed by atoms with Gasteiger partial charge in [-0.15, -0.1) is 0 Å². The maximum Gasteiger partial charge on any atom is 0.0918 e. The number of likely N-dealkylation sites (tertiary alicyclic amines) is 1. The normalized spacial score (nSPS) is 36.4. The molecule has 0 radical (unpaired) electrons. The minimum atomic E-state index is 1.03. The summed E-state index contributed by atoms with van der Waals surface area (Å²) in [7, 11) is 0. The molecule has 2 atom stereocenters. The van der Waals surface area contributed by atoms with Gasteiger partial charge in [0.05, 0.1) is 25.7 Å². The molecule has 1 saturated carbocycles.